The molecule has 2 aromatic heterocycles. The number of hydrogen-bond acceptors (Lipinski definition) is 2. The van der Waals surface area contributed by atoms with Crippen molar-refractivity contribution in [1.82, 2.24) is 19.2 Å². The van der Waals surface area contributed by atoms with E-state index in [1.165, 1.54) is 5.56 Å². The topological polar surface area (TPSA) is 43.1 Å². The Morgan fingerprint density at radius 1 is 1.12 bits per heavy atom. The highest BCUT2D eigenvalue weighted by Crippen LogP contribution is 2.25. The van der Waals surface area contributed by atoms with Gasteiger partial charge in [0.2, 0.25) is 0 Å². The molecule has 0 fully saturated rings. The van der Waals surface area contributed by atoms with Gasteiger partial charge in [0.15, 0.2) is 0 Å². The van der Waals surface area contributed by atoms with Crippen LogP contribution >= 0.6 is 0 Å². The van der Waals surface area contributed by atoms with Crippen LogP contribution in [-0.2, 0) is 7.05 Å². The van der Waals surface area contributed by atoms with Gasteiger partial charge in [0.1, 0.15) is 11.4 Å². The van der Waals surface area contributed by atoms with Crippen LogP contribution in [0.3, 0.4) is 0 Å². The molecular weight excluding hydrogens is 324 g/mol. The lowest BCUT2D eigenvalue weighted by Crippen LogP contribution is -2.32. The smallest absolute Gasteiger partial charge is 0.272 e. The van der Waals surface area contributed by atoms with Gasteiger partial charge in [-0.3, -0.25) is 4.79 Å². The fraction of sp³-hybridized carbons (Fsp3) is 0.333. The monoisotopic (exact) mass is 350 g/mol. The summed E-state index contributed by atoms with van der Waals surface area (Å²) < 4.78 is 3.80. The number of aryl methyl sites for hydroxylation is 3. The van der Waals surface area contributed by atoms with Gasteiger partial charge in [0, 0.05) is 26.3 Å². The van der Waals surface area contributed by atoms with Gasteiger partial charge in [-0.15, -0.1) is 0 Å². The van der Waals surface area contributed by atoms with E-state index in [0.29, 0.717) is 18.8 Å². The number of nitrogens with zero attached hydrogens (tertiary/aromatic N) is 4. The Morgan fingerprint density at radius 3 is 2.42 bits per heavy atom. The lowest BCUT2D eigenvalue weighted by Gasteiger charge is -2.19. The van der Waals surface area contributed by atoms with Gasteiger partial charge in [-0.2, -0.15) is 5.10 Å². The third-order valence-electron chi connectivity index (χ3n) is 4.77. The van der Waals surface area contributed by atoms with Crippen LogP contribution in [0.1, 0.15) is 35.5 Å². The predicted octanol–water partition coefficient (Wildman–Crippen LogP) is 3.98. The Hall–Kier alpha value is -2.82. The molecule has 136 valence electrons. The first-order chi connectivity index (χ1) is 12.5. The van der Waals surface area contributed by atoms with Gasteiger partial charge in [-0.1, -0.05) is 17.7 Å². The second-order valence-corrected chi connectivity index (χ2v) is 6.60. The molecule has 1 amide bonds. The summed E-state index contributed by atoms with van der Waals surface area (Å²) in [6.45, 7) is 9.46. The average Bonchev–Trinajstić information content (AvgIpc) is 3.22. The molecule has 0 spiro atoms. The Bertz CT molecular complexity index is 931. The van der Waals surface area contributed by atoms with Crippen LogP contribution in [0.25, 0.3) is 17.1 Å². The summed E-state index contributed by atoms with van der Waals surface area (Å²) in [7, 11) is 1.98. The van der Waals surface area contributed by atoms with Gasteiger partial charge in [-0.05, 0) is 57.5 Å². The van der Waals surface area contributed by atoms with Crippen LogP contribution < -0.4 is 0 Å². The maximum Gasteiger partial charge on any atom is 0.272 e. The fourth-order valence-corrected chi connectivity index (χ4v) is 3.29. The van der Waals surface area contributed by atoms with Crippen LogP contribution in [0.4, 0.5) is 0 Å². The number of hydrogen-bond donors (Lipinski definition) is 0. The summed E-state index contributed by atoms with van der Waals surface area (Å²) in [6, 6.07) is 12.1. The predicted molar refractivity (Wildman–Crippen MR) is 105 cm³/mol. The number of benzene rings is 1. The van der Waals surface area contributed by atoms with Crippen molar-refractivity contribution in [3.05, 3.63) is 59.4 Å². The summed E-state index contributed by atoms with van der Waals surface area (Å²) >= 11 is 0. The van der Waals surface area contributed by atoms with Crippen LogP contribution in [0.15, 0.2) is 42.6 Å². The number of amides is 1. The zero-order valence-electron chi connectivity index (χ0n) is 16.2. The number of aromatic nitrogens is 3. The Kier molecular flexibility index (Phi) is 4.98. The first-order valence-corrected chi connectivity index (χ1v) is 9.04. The molecule has 0 saturated heterocycles. The molecule has 0 radical (unpaired) electrons. The SMILES string of the molecule is CCN(CC)C(=O)c1cc(-c2cccn2C)nn1-c1ccc(C)cc1C. The van der Waals surface area contributed by atoms with Crippen molar-refractivity contribution in [3.8, 4) is 17.1 Å². The van der Waals surface area contributed by atoms with E-state index < -0.39 is 0 Å². The molecule has 0 saturated carbocycles. The highest BCUT2D eigenvalue weighted by molar-refractivity contribution is 5.94. The molecule has 0 bridgehead atoms. The molecule has 26 heavy (non-hydrogen) atoms. The highest BCUT2D eigenvalue weighted by Gasteiger charge is 2.22. The molecule has 0 atom stereocenters. The summed E-state index contributed by atoms with van der Waals surface area (Å²) in [5.74, 6) is 0.00272. The van der Waals surface area contributed by atoms with E-state index in [2.05, 4.69) is 26.0 Å². The third kappa shape index (κ3) is 3.17. The summed E-state index contributed by atoms with van der Waals surface area (Å²) in [6.07, 6.45) is 1.98. The maximum absolute atomic E-state index is 13.1. The number of carbonyl (C=O) groups excluding carboxylic acids is 1. The Morgan fingerprint density at radius 2 is 1.85 bits per heavy atom. The third-order valence-corrected chi connectivity index (χ3v) is 4.77. The van der Waals surface area contributed by atoms with E-state index in [4.69, 9.17) is 5.10 Å². The largest absolute Gasteiger partial charge is 0.349 e. The molecule has 3 aromatic rings. The van der Waals surface area contributed by atoms with Gasteiger partial charge in [0.25, 0.3) is 5.91 Å². The van der Waals surface area contributed by atoms with Gasteiger partial charge >= 0.3 is 0 Å². The van der Waals surface area contributed by atoms with Crippen molar-refractivity contribution in [3.63, 3.8) is 0 Å². The average molecular weight is 350 g/mol. The number of rotatable bonds is 5. The van der Waals surface area contributed by atoms with E-state index in [1.807, 2.05) is 60.8 Å². The molecule has 2 heterocycles. The fourth-order valence-electron chi connectivity index (χ4n) is 3.29. The normalized spacial score (nSPS) is 11.0. The maximum atomic E-state index is 13.1. The number of carbonyl (C=O) groups is 1. The van der Waals surface area contributed by atoms with Gasteiger partial charge in [0.05, 0.1) is 11.4 Å². The first kappa shape index (κ1) is 18.0. The van der Waals surface area contributed by atoms with Crippen molar-refractivity contribution in [2.45, 2.75) is 27.7 Å². The highest BCUT2D eigenvalue weighted by atomic mass is 16.2. The quantitative estimate of drug-likeness (QED) is 0.699. The molecule has 0 aliphatic heterocycles. The molecule has 0 aliphatic rings. The van der Waals surface area contributed by atoms with Crippen molar-refractivity contribution in [2.24, 2.45) is 7.05 Å². The molecule has 1 aromatic carbocycles. The zero-order valence-corrected chi connectivity index (χ0v) is 16.2. The first-order valence-electron chi connectivity index (χ1n) is 9.04. The van der Waals surface area contributed by atoms with Crippen LogP contribution in [0.5, 0.6) is 0 Å². The van der Waals surface area contributed by atoms with Crippen LogP contribution in [-0.4, -0.2) is 38.2 Å². The van der Waals surface area contributed by atoms with E-state index >= 15 is 0 Å². The molecule has 3 rings (SSSR count). The summed E-state index contributed by atoms with van der Waals surface area (Å²) in [5.41, 5.74) is 5.61. The van der Waals surface area contributed by atoms with Crippen molar-refractivity contribution in [2.75, 3.05) is 13.1 Å². The van der Waals surface area contributed by atoms with E-state index in [9.17, 15) is 4.79 Å². The second kappa shape index (κ2) is 7.20. The molecule has 0 N–H and O–H groups in total. The summed E-state index contributed by atoms with van der Waals surface area (Å²) in [5, 5.41) is 4.79. The van der Waals surface area contributed by atoms with E-state index in [0.717, 1.165) is 22.6 Å². The second-order valence-electron chi connectivity index (χ2n) is 6.60. The minimum absolute atomic E-state index is 0.00272. The van der Waals surface area contributed by atoms with Crippen molar-refractivity contribution < 1.29 is 4.79 Å². The Labute approximate surface area is 154 Å². The molecule has 0 unspecified atom stereocenters. The Balaban J connectivity index is 2.19. The summed E-state index contributed by atoms with van der Waals surface area (Å²) in [4.78, 5) is 14.9. The van der Waals surface area contributed by atoms with E-state index in [1.54, 1.807) is 4.68 Å². The molecule has 0 aliphatic carbocycles. The molecule has 5 heteroatoms. The minimum atomic E-state index is 0.00272. The standard InChI is InChI=1S/C21H26N4O/c1-6-24(7-2)21(26)20-14-17(19-9-8-12-23(19)5)22-25(20)18-11-10-15(3)13-16(18)4/h8-14H,6-7H2,1-5H3. The lowest BCUT2D eigenvalue weighted by atomic mass is 10.1. The molecule has 5 nitrogen and oxygen atoms in total. The van der Waals surface area contributed by atoms with E-state index in [-0.39, 0.29) is 5.91 Å². The van der Waals surface area contributed by atoms with Crippen LogP contribution in [0, 0.1) is 13.8 Å². The van der Waals surface area contributed by atoms with Crippen molar-refractivity contribution in [1.29, 1.82) is 0 Å². The minimum Gasteiger partial charge on any atom is -0.349 e. The van der Waals surface area contributed by atoms with Crippen LogP contribution in [0.2, 0.25) is 0 Å². The van der Waals surface area contributed by atoms with Gasteiger partial charge in [-0.25, -0.2) is 4.68 Å². The zero-order chi connectivity index (χ0) is 18.8. The van der Waals surface area contributed by atoms with Crippen molar-refractivity contribution >= 4 is 5.91 Å². The van der Waals surface area contributed by atoms with Gasteiger partial charge < -0.3 is 9.47 Å². The lowest BCUT2D eigenvalue weighted by molar-refractivity contribution is 0.0764. The molecular formula is C21H26N4O.